The van der Waals surface area contributed by atoms with Crippen molar-refractivity contribution in [3.05, 3.63) is 53.6 Å². The SMILES string of the molecule is COc1ccc(S(=O)(=O)N[C@@H](C)c2ccccc2OC)cc1C(=O)N1CCCCC1. The van der Waals surface area contributed by atoms with Crippen LogP contribution >= 0.6 is 0 Å². The molecule has 0 bridgehead atoms. The van der Waals surface area contributed by atoms with Crippen LogP contribution in [0.1, 0.15) is 48.1 Å². The van der Waals surface area contributed by atoms with Crippen LogP contribution in [0.25, 0.3) is 0 Å². The third-order valence-corrected chi connectivity index (χ3v) is 6.83. The molecule has 0 aromatic heterocycles. The fourth-order valence-electron chi connectivity index (χ4n) is 3.68. The van der Waals surface area contributed by atoms with Crippen molar-refractivity contribution < 1.29 is 22.7 Å². The second-order valence-electron chi connectivity index (χ2n) is 7.30. The minimum atomic E-state index is -3.88. The van der Waals surface area contributed by atoms with Crippen LogP contribution in [-0.2, 0) is 10.0 Å². The van der Waals surface area contributed by atoms with E-state index < -0.39 is 16.1 Å². The van der Waals surface area contributed by atoms with Crippen LogP contribution < -0.4 is 14.2 Å². The molecule has 0 spiro atoms. The molecule has 0 saturated carbocycles. The average Bonchev–Trinajstić information content (AvgIpc) is 2.78. The lowest BCUT2D eigenvalue weighted by molar-refractivity contribution is 0.0720. The number of piperidine rings is 1. The van der Waals surface area contributed by atoms with Gasteiger partial charge in [-0.15, -0.1) is 0 Å². The van der Waals surface area contributed by atoms with Crippen molar-refractivity contribution in [2.45, 2.75) is 37.1 Å². The standard InChI is InChI=1S/C22H28N2O5S/c1-16(18-9-5-6-10-20(18)28-2)23-30(26,27)17-11-12-21(29-3)19(15-17)22(25)24-13-7-4-8-14-24/h5-6,9-12,15-16,23H,4,7-8,13-14H2,1-3H3/t16-/m0/s1. The number of benzene rings is 2. The molecule has 2 aromatic rings. The number of nitrogens with zero attached hydrogens (tertiary/aromatic N) is 1. The summed E-state index contributed by atoms with van der Waals surface area (Å²) in [5, 5.41) is 0. The summed E-state index contributed by atoms with van der Waals surface area (Å²) in [6, 6.07) is 11.1. The van der Waals surface area contributed by atoms with Crippen molar-refractivity contribution in [2.24, 2.45) is 0 Å². The number of likely N-dealkylation sites (tertiary alicyclic amines) is 1. The molecule has 1 saturated heterocycles. The highest BCUT2D eigenvalue weighted by Gasteiger charge is 2.26. The van der Waals surface area contributed by atoms with E-state index in [4.69, 9.17) is 9.47 Å². The first kappa shape index (κ1) is 22.1. The Hall–Kier alpha value is -2.58. The minimum absolute atomic E-state index is 0.0189. The molecule has 1 fully saturated rings. The fourth-order valence-corrected chi connectivity index (χ4v) is 4.93. The molecule has 162 valence electrons. The Bertz CT molecular complexity index is 1000. The fraction of sp³-hybridized carbons (Fsp3) is 0.409. The molecule has 1 N–H and O–H groups in total. The van der Waals surface area contributed by atoms with Crippen LogP contribution in [0.3, 0.4) is 0 Å². The van der Waals surface area contributed by atoms with Gasteiger partial charge in [0.15, 0.2) is 0 Å². The summed E-state index contributed by atoms with van der Waals surface area (Å²) >= 11 is 0. The van der Waals surface area contributed by atoms with Gasteiger partial charge < -0.3 is 14.4 Å². The van der Waals surface area contributed by atoms with E-state index in [2.05, 4.69) is 4.72 Å². The van der Waals surface area contributed by atoms with Crippen molar-refractivity contribution >= 4 is 15.9 Å². The Kier molecular flexibility index (Phi) is 6.99. The summed E-state index contributed by atoms with van der Waals surface area (Å²) in [6.07, 6.45) is 2.99. The topological polar surface area (TPSA) is 84.9 Å². The van der Waals surface area contributed by atoms with Gasteiger partial charge in [0.05, 0.1) is 24.7 Å². The summed E-state index contributed by atoms with van der Waals surface area (Å²) in [6.45, 7) is 3.09. The Morgan fingerprint density at radius 3 is 2.33 bits per heavy atom. The number of rotatable bonds is 7. The average molecular weight is 433 g/mol. The molecular formula is C22H28N2O5S. The van der Waals surface area contributed by atoms with Crippen molar-refractivity contribution in [1.82, 2.24) is 9.62 Å². The van der Waals surface area contributed by atoms with Crippen LogP contribution in [0.2, 0.25) is 0 Å². The number of amides is 1. The van der Waals surface area contributed by atoms with Gasteiger partial charge in [0.1, 0.15) is 11.5 Å². The van der Waals surface area contributed by atoms with E-state index >= 15 is 0 Å². The first-order valence-corrected chi connectivity index (χ1v) is 11.5. The molecule has 1 heterocycles. The minimum Gasteiger partial charge on any atom is -0.496 e. The van der Waals surface area contributed by atoms with E-state index in [0.717, 1.165) is 24.8 Å². The number of hydrogen-bond donors (Lipinski definition) is 1. The lowest BCUT2D eigenvalue weighted by atomic mass is 10.1. The molecule has 0 aliphatic carbocycles. The summed E-state index contributed by atoms with van der Waals surface area (Å²) in [4.78, 5) is 14.8. The third-order valence-electron chi connectivity index (χ3n) is 5.29. The molecule has 30 heavy (non-hydrogen) atoms. The number of methoxy groups -OCH3 is 2. The Labute approximate surface area is 178 Å². The van der Waals surface area contributed by atoms with Crippen LogP contribution in [0.5, 0.6) is 11.5 Å². The zero-order valence-electron chi connectivity index (χ0n) is 17.6. The second kappa shape index (κ2) is 9.49. The number of para-hydroxylation sites is 1. The summed E-state index contributed by atoms with van der Waals surface area (Å²) < 4.78 is 39.4. The number of ether oxygens (including phenoxy) is 2. The van der Waals surface area contributed by atoms with Gasteiger partial charge in [-0.3, -0.25) is 4.79 Å². The lowest BCUT2D eigenvalue weighted by Gasteiger charge is -2.27. The van der Waals surface area contributed by atoms with Gasteiger partial charge in [-0.05, 0) is 50.5 Å². The molecule has 1 amide bonds. The molecular weight excluding hydrogens is 404 g/mol. The molecule has 2 aromatic carbocycles. The van der Waals surface area contributed by atoms with Gasteiger partial charge in [-0.1, -0.05) is 18.2 Å². The molecule has 0 unspecified atom stereocenters. The summed E-state index contributed by atoms with van der Waals surface area (Å²) in [7, 11) is -0.862. The van der Waals surface area contributed by atoms with E-state index in [9.17, 15) is 13.2 Å². The zero-order chi connectivity index (χ0) is 21.7. The van der Waals surface area contributed by atoms with E-state index in [1.54, 1.807) is 25.0 Å². The molecule has 1 aliphatic heterocycles. The van der Waals surface area contributed by atoms with Crippen molar-refractivity contribution in [3.63, 3.8) is 0 Å². The van der Waals surface area contributed by atoms with Gasteiger partial charge in [0.2, 0.25) is 10.0 Å². The van der Waals surface area contributed by atoms with Crippen molar-refractivity contribution in [1.29, 1.82) is 0 Å². The van der Waals surface area contributed by atoms with Gasteiger partial charge in [0.25, 0.3) is 5.91 Å². The van der Waals surface area contributed by atoms with E-state index in [0.29, 0.717) is 24.6 Å². The third kappa shape index (κ3) is 4.76. The molecule has 1 atom stereocenters. The first-order valence-electron chi connectivity index (χ1n) is 10.00. The Morgan fingerprint density at radius 1 is 1.00 bits per heavy atom. The second-order valence-corrected chi connectivity index (χ2v) is 9.01. The van der Waals surface area contributed by atoms with Crippen molar-refractivity contribution in [3.8, 4) is 11.5 Å². The van der Waals surface area contributed by atoms with Gasteiger partial charge >= 0.3 is 0 Å². The van der Waals surface area contributed by atoms with Gasteiger partial charge in [-0.25, -0.2) is 13.1 Å². The number of carbonyl (C=O) groups is 1. The van der Waals surface area contributed by atoms with Crippen molar-refractivity contribution in [2.75, 3.05) is 27.3 Å². The monoisotopic (exact) mass is 432 g/mol. The van der Waals surface area contributed by atoms with Crippen LogP contribution in [0.4, 0.5) is 0 Å². The van der Waals surface area contributed by atoms with Gasteiger partial charge in [-0.2, -0.15) is 0 Å². The highest BCUT2D eigenvalue weighted by molar-refractivity contribution is 7.89. The predicted molar refractivity (Wildman–Crippen MR) is 114 cm³/mol. The molecule has 8 heteroatoms. The molecule has 0 radical (unpaired) electrons. The number of carbonyl (C=O) groups excluding carboxylic acids is 1. The first-order chi connectivity index (χ1) is 14.4. The Balaban J connectivity index is 1.89. The largest absolute Gasteiger partial charge is 0.496 e. The number of hydrogen-bond acceptors (Lipinski definition) is 5. The maximum Gasteiger partial charge on any atom is 0.257 e. The van der Waals surface area contributed by atoms with Crippen LogP contribution in [-0.4, -0.2) is 46.5 Å². The van der Waals surface area contributed by atoms with E-state index in [-0.39, 0.29) is 16.4 Å². The normalized spacial score (nSPS) is 15.5. The van der Waals surface area contributed by atoms with E-state index in [1.165, 1.54) is 25.3 Å². The van der Waals surface area contributed by atoms with E-state index in [1.807, 2.05) is 18.2 Å². The summed E-state index contributed by atoms with van der Waals surface area (Å²) in [5.41, 5.74) is 0.980. The molecule has 7 nitrogen and oxygen atoms in total. The summed E-state index contributed by atoms with van der Waals surface area (Å²) in [5.74, 6) is 0.757. The lowest BCUT2D eigenvalue weighted by Crippen LogP contribution is -2.36. The quantitative estimate of drug-likeness (QED) is 0.725. The van der Waals surface area contributed by atoms with Crippen LogP contribution in [0, 0.1) is 0 Å². The maximum atomic E-state index is 13.0. The van der Waals surface area contributed by atoms with Gasteiger partial charge in [0, 0.05) is 24.7 Å². The zero-order valence-corrected chi connectivity index (χ0v) is 18.4. The predicted octanol–water partition coefficient (Wildman–Crippen LogP) is 3.37. The smallest absolute Gasteiger partial charge is 0.257 e. The highest BCUT2D eigenvalue weighted by atomic mass is 32.2. The highest BCUT2D eigenvalue weighted by Crippen LogP contribution is 2.28. The maximum absolute atomic E-state index is 13.0. The molecule has 1 aliphatic rings. The number of nitrogens with one attached hydrogen (secondary N) is 1. The Morgan fingerprint density at radius 2 is 1.67 bits per heavy atom. The molecule has 3 rings (SSSR count). The van der Waals surface area contributed by atoms with Crippen LogP contribution in [0.15, 0.2) is 47.4 Å². The number of sulfonamides is 1.